The van der Waals surface area contributed by atoms with Gasteiger partial charge in [-0.05, 0) is 24.6 Å². The van der Waals surface area contributed by atoms with Crippen LogP contribution in [0.1, 0.15) is 5.56 Å². The molecule has 0 amide bonds. The zero-order valence-electron chi connectivity index (χ0n) is 8.60. The van der Waals surface area contributed by atoms with Crippen molar-refractivity contribution in [1.82, 2.24) is 0 Å². The summed E-state index contributed by atoms with van der Waals surface area (Å²) in [6.07, 6.45) is 2.15. The zero-order valence-corrected chi connectivity index (χ0v) is 9.42. The molecule has 1 nitrogen and oxygen atoms in total. The average molecular weight is 214 g/mol. The number of rotatable bonds is 0. The van der Waals surface area contributed by atoms with Gasteiger partial charge in [-0.2, -0.15) is 4.57 Å². The third-order valence-corrected chi connectivity index (χ3v) is 4.01. The second kappa shape index (κ2) is 3.38. The first-order chi connectivity index (χ1) is 7.36. The van der Waals surface area contributed by atoms with Crippen LogP contribution in [0.25, 0.3) is 11.3 Å². The number of hydrogen-bond acceptors (Lipinski definition) is 1. The molecule has 0 saturated heterocycles. The molecule has 2 heteroatoms. The number of hydrogen-bond donors (Lipinski definition) is 0. The van der Waals surface area contributed by atoms with Gasteiger partial charge in [-0.3, -0.25) is 0 Å². The van der Waals surface area contributed by atoms with Crippen LogP contribution in [0.15, 0.2) is 47.5 Å². The maximum absolute atomic E-state index is 2.30. The Kier molecular flexibility index (Phi) is 2.03. The van der Waals surface area contributed by atoms with Crippen molar-refractivity contribution >= 4 is 11.8 Å². The Balaban J connectivity index is 2.30. The van der Waals surface area contributed by atoms with E-state index in [0.717, 1.165) is 5.88 Å². The number of benzene rings is 1. The number of nitrogens with zero attached hydrogens (tertiary/aromatic N) is 1. The molecule has 1 aromatic heterocycles. The highest BCUT2D eigenvalue weighted by Crippen LogP contribution is 2.35. The molecule has 74 valence electrons. The largest absolute Gasteiger partial charge is 0.214 e. The average Bonchev–Trinajstić information content (AvgIpc) is 2.29. The van der Waals surface area contributed by atoms with E-state index in [0.29, 0.717) is 0 Å². The molecule has 0 spiro atoms. The van der Waals surface area contributed by atoms with Crippen LogP contribution in [0.4, 0.5) is 0 Å². The first kappa shape index (κ1) is 8.98. The van der Waals surface area contributed by atoms with Crippen LogP contribution < -0.4 is 4.57 Å². The van der Waals surface area contributed by atoms with Gasteiger partial charge < -0.3 is 0 Å². The van der Waals surface area contributed by atoms with E-state index in [9.17, 15) is 0 Å². The van der Waals surface area contributed by atoms with E-state index in [-0.39, 0.29) is 0 Å². The molecular weight excluding hydrogens is 202 g/mol. The molecule has 0 radical (unpaired) electrons. The summed E-state index contributed by atoms with van der Waals surface area (Å²) in [5.41, 5.74) is 4.08. The summed E-state index contributed by atoms with van der Waals surface area (Å²) in [5.74, 6) is 1.02. The van der Waals surface area contributed by atoms with Crippen LogP contribution in [-0.4, -0.2) is 0 Å². The van der Waals surface area contributed by atoms with E-state index in [2.05, 4.69) is 54.1 Å². The van der Waals surface area contributed by atoms with E-state index in [1.165, 1.54) is 21.7 Å². The van der Waals surface area contributed by atoms with Crippen LogP contribution in [0.3, 0.4) is 0 Å². The molecule has 0 N–H and O–H groups in total. The fourth-order valence-electron chi connectivity index (χ4n) is 2.01. The molecule has 0 bridgehead atoms. The maximum Gasteiger partial charge on any atom is 0.214 e. The van der Waals surface area contributed by atoms with E-state index >= 15 is 0 Å². The van der Waals surface area contributed by atoms with Gasteiger partial charge in [-0.15, -0.1) is 0 Å². The summed E-state index contributed by atoms with van der Waals surface area (Å²) in [6, 6.07) is 12.9. The summed E-state index contributed by atoms with van der Waals surface area (Å²) in [5, 5.41) is 0. The molecule has 3 rings (SSSR count). The zero-order chi connectivity index (χ0) is 10.3. The lowest BCUT2D eigenvalue weighted by Gasteiger charge is -2.15. The fourth-order valence-corrected chi connectivity index (χ4v) is 3.13. The lowest BCUT2D eigenvalue weighted by molar-refractivity contribution is -0.665. The second-order valence-electron chi connectivity index (χ2n) is 3.78. The van der Waals surface area contributed by atoms with Gasteiger partial charge in [0.25, 0.3) is 0 Å². The van der Waals surface area contributed by atoms with Crippen molar-refractivity contribution in [3.05, 3.63) is 48.2 Å². The lowest BCUT2D eigenvalue weighted by atomic mass is 10.1. The highest BCUT2D eigenvalue weighted by atomic mass is 32.2. The number of aromatic nitrogens is 1. The molecule has 0 fully saturated rings. The Morgan fingerprint density at radius 1 is 1.13 bits per heavy atom. The molecule has 2 aromatic rings. The summed E-state index contributed by atoms with van der Waals surface area (Å²) >= 11 is 1.92. The quantitative estimate of drug-likeness (QED) is 0.610. The molecule has 0 unspecified atom stereocenters. The van der Waals surface area contributed by atoms with Crippen molar-refractivity contribution in [2.45, 2.75) is 17.7 Å². The molecule has 1 aromatic carbocycles. The van der Waals surface area contributed by atoms with Crippen LogP contribution in [0.5, 0.6) is 0 Å². The van der Waals surface area contributed by atoms with Gasteiger partial charge in [0.1, 0.15) is 0 Å². The van der Waals surface area contributed by atoms with Crippen molar-refractivity contribution in [2.24, 2.45) is 0 Å². The SMILES string of the molecule is Cc1cccc2c1SC[n+]1ccccc1-2. The topological polar surface area (TPSA) is 3.88 Å². The maximum atomic E-state index is 2.30. The fraction of sp³-hybridized carbons (Fsp3) is 0.154. The van der Waals surface area contributed by atoms with Crippen LogP contribution in [0.2, 0.25) is 0 Å². The van der Waals surface area contributed by atoms with Gasteiger partial charge in [0.2, 0.25) is 5.69 Å². The van der Waals surface area contributed by atoms with Gasteiger partial charge in [-0.25, -0.2) is 0 Å². The van der Waals surface area contributed by atoms with Crippen molar-refractivity contribution in [3.8, 4) is 11.3 Å². The summed E-state index contributed by atoms with van der Waals surface area (Å²) in [7, 11) is 0. The molecule has 2 heterocycles. The lowest BCUT2D eigenvalue weighted by Crippen LogP contribution is -2.36. The van der Waals surface area contributed by atoms with E-state index in [4.69, 9.17) is 0 Å². The van der Waals surface area contributed by atoms with Gasteiger partial charge >= 0.3 is 0 Å². The Hall–Kier alpha value is -1.28. The van der Waals surface area contributed by atoms with Crippen LogP contribution in [0, 0.1) is 6.92 Å². The second-order valence-corrected chi connectivity index (χ2v) is 4.74. The molecule has 1 aliphatic heterocycles. The summed E-state index contributed by atoms with van der Waals surface area (Å²) in [4.78, 5) is 1.43. The smallest absolute Gasteiger partial charge is 0.188 e. The molecule has 15 heavy (non-hydrogen) atoms. The highest BCUT2D eigenvalue weighted by molar-refractivity contribution is 7.98. The minimum Gasteiger partial charge on any atom is -0.188 e. The normalized spacial score (nSPS) is 13.1. The minimum absolute atomic E-state index is 1.02. The predicted molar refractivity (Wildman–Crippen MR) is 62.7 cm³/mol. The van der Waals surface area contributed by atoms with Gasteiger partial charge in [-0.1, -0.05) is 23.9 Å². The standard InChI is InChI=1S/C13H12NS/c1-10-5-4-6-11-12-7-2-3-8-14(12)9-15-13(10)11/h2-8H,9H2,1H3/q+1. The third-order valence-electron chi connectivity index (χ3n) is 2.78. The third kappa shape index (κ3) is 1.37. The molecule has 0 aliphatic carbocycles. The van der Waals surface area contributed by atoms with Gasteiger partial charge in [0.15, 0.2) is 12.1 Å². The van der Waals surface area contributed by atoms with E-state index < -0.39 is 0 Å². The summed E-state index contributed by atoms with van der Waals surface area (Å²) < 4.78 is 2.30. The Morgan fingerprint density at radius 2 is 2.07 bits per heavy atom. The summed E-state index contributed by atoms with van der Waals surface area (Å²) in [6.45, 7) is 2.18. The number of aryl methyl sites for hydroxylation is 1. The number of pyridine rings is 1. The Labute approximate surface area is 93.8 Å². The Bertz CT molecular complexity index is 520. The van der Waals surface area contributed by atoms with E-state index in [1.54, 1.807) is 0 Å². The van der Waals surface area contributed by atoms with Crippen LogP contribution >= 0.6 is 11.8 Å². The molecule has 0 atom stereocenters. The first-order valence-electron chi connectivity index (χ1n) is 5.07. The monoisotopic (exact) mass is 214 g/mol. The Morgan fingerprint density at radius 3 is 3.00 bits per heavy atom. The van der Waals surface area contributed by atoms with Crippen LogP contribution in [-0.2, 0) is 5.88 Å². The molecule has 1 aliphatic rings. The van der Waals surface area contributed by atoms with Gasteiger partial charge in [0, 0.05) is 17.0 Å². The molecular formula is C13H12NS+. The molecule has 0 saturated carbocycles. The van der Waals surface area contributed by atoms with Crippen molar-refractivity contribution < 1.29 is 4.57 Å². The van der Waals surface area contributed by atoms with Crippen molar-refractivity contribution in [3.63, 3.8) is 0 Å². The number of thioether (sulfide) groups is 1. The minimum atomic E-state index is 1.02. The first-order valence-corrected chi connectivity index (χ1v) is 6.06. The van der Waals surface area contributed by atoms with Crippen molar-refractivity contribution in [1.29, 1.82) is 0 Å². The number of fused-ring (bicyclic) bond motifs is 3. The van der Waals surface area contributed by atoms with Crippen molar-refractivity contribution in [2.75, 3.05) is 0 Å². The van der Waals surface area contributed by atoms with E-state index in [1.807, 2.05) is 11.8 Å². The predicted octanol–water partition coefficient (Wildman–Crippen LogP) is 3.01. The van der Waals surface area contributed by atoms with Gasteiger partial charge in [0.05, 0.1) is 5.56 Å². The highest BCUT2D eigenvalue weighted by Gasteiger charge is 2.22.